The van der Waals surface area contributed by atoms with Crippen LogP contribution in [-0.2, 0) is 10.0 Å². The van der Waals surface area contributed by atoms with Gasteiger partial charge in [0.15, 0.2) is 5.03 Å². The minimum atomic E-state index is -3.52. The molecule has 7 heteroatoms. The summed E-state index contributed by atoms with van der Waals surface area (Å²) in [5, 5.41) is 4.31. The molecule has 2 aromatic heterocycles. The number of aromatic nitrogens is 2. The zero-order valence-electron chi connectivity index (χ0n) is 13.0. The van der Waals surface area contributed by atoms with Crippen molar-refractivity contribution < 1.29 is 8.42 Å². The van der Waals surface area contributed by atoms with Crippen molar-refractivity contribution in [3.63, 3.8) is 0 Å². The van der Waals surface area contributed by atoms with Gasteiger partial charge in [-0.15, -0.1) is 0 Å². The zero-order chi connectivity index (χ0) is 15.9. The van der Waals surface area contributed by atoms with Crippen LogP contribution in [0.25, 0.3) is 0 Å². The largest absolute Gasteiger partial charge is 0.334 e. The lowest BCUT2D eigenvalue weighted by Crippen LogP contribution is -2.34. The second-order valence-electron chi connectivity index (χ2n) is 6.17. The van der Waals surface area contributed by atoms with E-state index in [4.69, 9.17) is 0 Å². The lowest BCUT2D eigenvalue weighted by atomic mass is 10.00. The first-order chi connectivity index (χ1) is 10.4. The van der Waals surface area contributed by atoms with E-state index >= 15 is 0 Å². The molecule has 1 aliphatic rings. The number of nitrogens with zero attached hydrogens (tertiary/aromatic N) is 3. The predicted octanol–water partition coefficient (Wildman–Crippen LogP) is 3.09. The molecule has 0 bridgehead atoms. The van der Waals surface area contributed by atoms with Crippen LogP contribution >= 0.6 is 11.3 Å². The van der Waals surface area contributed by atoms with Crippen molar-refractivity contribution in [2.24, 2.45) is 0 Å². The zero-order valence-corrected chi connectivity index (χ0v) is 14.6. The standard InChI is InChI=1S/C15H21N3O2S2/c1-11(2)17-8-15(16-10-17)22(19,20)18-7-14(6-12(18)3)13-4-5-21-9-13/h4-5,8-12,14H,6-7H2,1-3H3/t12-,14+/m0/s1. The van der Waals surface area contributed by atoms with Crippen LogP contribution in [0.5, 0.6) is 0 Å². The maximum Gasteiger partial charge on any atom is 0.262 e. The Morgan fingerprint density at radius 1 is 1.41 bits per heavy atom. The van der Waals surface area contributed by atoms with Crippen molar-refractivity contribution in [3.8, 4) is 0 Å². The van der Waals surface area contributed by atoms with Gasteiger partial charge in [-0.25, -0.2) is 13.4 Å². The third-order valence-corrected chi connectivity index (χ3v) is 6.85. The smallest absolute Gasteiger partial charge is 0.262 e. The molecule has 0 radical (unpaired) electrons. The van der Waals surface area contributed by atoms with Gasteiger partial charge in [0.25, 0.3) is 10.0 Å². The van der Waals surface area contributed by atoms with Crippen LogP contribution in [0.15, 0.2) is 34.4 Å². The Hall–Kier alpha value is -1.18. The Morgan fingerprint density at radius 2 is 2.18 bits per heavy atom. The summed E-state index contributed by atoms with van der Waals surface area (Å²) in [4.78, 5) is 4.11. The normalized spacial score (nSPS) is 23.5. The Kier molecular flexibility index (Phi) is 4.13. The van der Waals surface area contributed by atoms with Gasteiger partial charge in [0.1, 0.15) is 0 Å². The van der Waals surface area contributed by atoms with Gasteiger partial charge in [0.05, 0.1) is 6.33 Å². The molecule has 3 rings (SSSR count). The molecule has 0 amide bonds. The van der Waals surface area contributed by atoms with Gasteiger partial charge in [-0.1, -0.05) is 0 Å². The third kappa shape index (κ3) is 2.73. The van der Waals surface area contributed by atoms with E-state index in [2.05, 4.69) is 16.4 Å². The highest BCUT2D eigenvalue weighted by Crippen LogP contribution is 2.35. The first-order valence-electron chi connectivity index (χ1n) is 7.47. The average molecular weight is 339 g/mol. The molecule has 0 aromatic carbocycles. The number of hydrogen-bond donors (Lipinski definition) is 0. The van der Waals surface area contributed by atoms with Gasteiger partial charge >= 0.3 is 0 Å². The second kappa shape index (κ2) is 5.79. The Morgan fingerprint density at radius 3 is 2.77 bits per heavy atom. The van der Waals surface area contributed by atoms with Crippen molar-refractivity contribution in [1.82, 2.24) is 13.9 Å². The fourth-order valence-electron chi connectivity index (χ4n) is 2.94. The summed E-state index contributed by atoms with van der Waals surface area (Å²) < 4.78 is 29.1. The van der Waals surface area contributed by atoms with Gasteiger partial charge in [-0.2, -0.15) is 15.6 Å². The summed E-state index contributed by atoms with van der Waals surface area (Å²) in [5.41, 5.74) is 1.24. The first-order valence-corrected chi connectivity index (χ1v) is 9.85. The van der Waals surface area contributed by atoms with Crippen LogP contribution in [0.2, 0.25) is 0 Å². The van der Waals surface area contributed by atoms with Crippen LogP contribution in [-0.4, -0.2) is 34.9 Å². The maximum absolute atomic E-state index is 12.8. The summed E-state index contributed by atoms with van der Waals surface area (Å²) >= 11 is 1.66. The van der Waals surface area contributed by atoms with Gasteiger partial charge in [-0.3, -0.25) is 0 Å². The highest BCUT2D eigenvalue weighted by atomic mass is 32.2. The molecule has 22 heavy (non-hydrogen) atoms. The predicted molar refractivity (Wildman–Crippen MR) is 87.6 cm³/mol. The van der Waals surface area contributed by atoms with E-state index in [0.717, 1.165) is 6.42 Å². The monoisotopic (exact) mass is 339 g/mol. The van der Waals surface area contributed by atoms with Crippen molar-refractivity contribution in [2.45, 2.75) is 50.2 Å². The molecular weight excluding hydrogens is 318 g/mol. The fraction of sp³-hybridized carbons (Fsp3) is 0.533. The topological polar surface area (TPSA) is 55.2 Å². The summed E-state index contributed by atoms with van der Waals surface area (Å²) in [6.07, 6.45) is 4.08. The summed E-state index contributed by atoms with van der Waals surface area (Å²) in [7, 11) is -3.52. The minimum absolute atomic E-state index is 0.000833. The summed E-state index contributed by atoms with van der Waals surface area (Å²) in [6, 6.07) is 2.29. The Balaban J connectivity index is 1.85. The van der Waals surface area contributed by atoms with Crippen LogP contribution in [0, 0.1) is 0 Å². The Labute approximate surface area is 135 Å². The van der Waals surface area contributed by atoms with Crippen LogP contribution in [0.1, 0.15) is 44.7 Å². The van der Waals surface area contributed by atoms with E-state index in [1.165, 1.54) is 5.56 Å². The van der Waals surface area contributed by atoms with E-state index in [0.29, 0.717) is 6.54 Å². The number of imidazole rings is 1. The molecule has 3 heterocycles. The number of sulfonamides is 1. The molecule has 2 atom stereocenters. The molecule has 0 aliphatic carbocycles. The van der Waals surface area contributed by atoms with Gasteiger partial charge in [0.2, 0.25) is 0 Å². The lowest BCUT2D eigenvalue weighted by molar-refractivity contribution is 0.405. The molecule has 1 fully saturated rings. The quantitative estimate of drug-likeness (QED) is 0.860. The SMILES string of the molecule is CC(C)n1cnc(S(=O)(=O)N2C[C@H](c3ccsc3)C[C@@H]2C)c1. The third-order valence-electron chi connectivity index (χ3n) is 4.28. The highest BCUT2D eigenvalue weighted by molar-refractivity contribution is 7.89. The van der Waals surface area contributed by atoms with Crippen LogP contribution in [0.3, 0.4) is 0 Å². The molecule has 1 aliphatic heterocycles. The number of thiophene rings is 1. The molecule has 0 spiro atoms. The van der Waals surface area contributed by atoms with Crippen molar-refractivity contribution in [1.29, 1.82) is 0 Å². The van der Waals surface area contributed by atoms with Gasteiger partial charge < -0.3 is 4.57 Å². The fourth-order valence-corrected chi connectivity index (χ4v) is 5.29. The molecule has 120 valence electrons. The van der Waals surface area contributed by atoms with Crippen molar-refractivity contribution >= 4 is 21.4 Å². The maximum atomic E-state index is 12.8. The van der Waals surface area contributed by atoms with Crippen LogP contribution in [0.4, 0.5) is 0 Å². The average Bonchev–Trinajstić information content (AvgIpc) is 3.19. The molecule has 0 unspecified atom stereocenters. The molecule has 1 saturated heterocycles. The number of rotatable bonds is 4. The molecule has 0 N–H and O–H groups in total. The van der Waals surface area contributed by atoms with Crippen LogP contribution < -0.4 is 0 Å². The van der Waals surface area contributed by atoms with E-state index in [1.54, 1.807) is 28.2 Å². The van der Waals surface area contributed by atoms with Gasteiger partial charge in [0, 0.05) is 30.7 Å². The molecular formula is C15H21N3O2S2. The second-order valence-corrected chi connectivity index (χ2v) is 8.78. The minimum Gasteiger partial charge on any atom is -0.334 e. The highest BCUT2D eigenvalue weighted by Gasteiger charge is 2.39. The first kappa shape index (κ1) is 15.7. The lowest BCUT2D eigenvalue weighted by Gasteiger charge is -2.19. The van der Waals surface area contributed by atoms with Crippen molar-refractivity contribution in [2.75, 3.05) is 6.54 Å². The summed E-state index contributed by atoms with van der Waals surface area (Å²) in [5.74, 6) is 0.281. The summed E-state index contributed by atoms with van der Waals surface area (Å²) in [6.45, 7) is 6.52. The van der Waals surface area contributed by atoms with E-state index in [1.807, 2.05) is 30.7 Å². The molecule has 2 aromatic rings. The molecule has 0 saturated carbocycles. The van der Waals surface area contributed by atoms with E-state index in [9.17, 15) is 8.42 Å². The van der Waals surface area contributed by atoms with Crippen molar-refractivity contribution in [3.05, 3.63) is 34.9 Å². The van der Waals surface area contributed by atoms with E-state index < -0.39 is 10.0 Å². The Bertz CT molecular complexity index is 735. The van der Waals surface area contributed by atoms with E-state index in [-0.39, 0.29) is 23.0 Å². The molecule has 5 nitrogen and oxygen atoms in total. The number of hydrogen-bond acceptors (Lipinski definition) is 4. The van der Waals surface area contributed by atoms with Gasteiger partial charge in [-0.05, 0) is 49.6 Å².